The third-order valence-electron chi connectivity index (χ3n) is 6.05. The summed E-state index contributed by atoms with van der Waals surface area (Å²) >= 11 is 0. The molecule has 2 aliphatic rings. The zero-order chi connectivity index (χ0) is 19.6. The van der Waals surface area contributed by atoms with Gasteiger partial charge in [-0.25, -0.2) is 4.98 Å². The molecule has 0 saturated carbocycles. The highest BCUT2D eigenvalue weighted by molar-refractivity contribution is 5.87. The predicted molar refractivity (Wildman–Crippen MR) is 110 cm³/mol. The van der Waals surface area contributed by atoms with Crippen molar-refractivity contribution in [3.63, 3.8) is 0 Å². The topological polar surface area (TPSA) is 52.6 Å². The fourth-order valence-electron chi connectivity index (χ4n) is 4.59. The second-order valence-electron chi connectivity index (χ2n) is 8.13. The van der Waals surface area contributed by atoms with E-state index in [9.17, 15) is 4.79 Å². The number of hydrogen-bond donors (Lipinski definition) is 0. The van der Waals surface area contributed by atoms with Gasteiger partial charge in [0.15, 0.2) is 0 Å². The van der Waals surface area contributed by atoms with Gasteiger partial charge in [-0.1, -0.05) is 12.1 Å². The van der Waals surface area contributed by atoms with Crippen LogP contribution in [-0.2, 0) is 17.9 Å². The standard InChI is InChI=1S/C22H29N5O/c1-25(2)20-9-8-18(15-24-20)16-27-14-6-11-22(27)10-5-13-26(21(22)28)17-19-7-3-4-12-23-19/h3-4,7-9,12,15H,5-6,10-11,13-14,16-17H2,1-2H3. The Morgan fingerprint density at radius 3 is 2.54 bits per heavy atom. The van der Waals surface area contributed by atoms with Crippen LogP contribution in [0.5, 0.6) is 0 Å². The number of amides is 1. The van der Waals surface area contributed by atoms with Gasteiger partial charge in [0, 0.05) is 39.6 Å². The predicted octanol–water partition coefficient (Wildman–Crippen LogP) is 2.70. The quantitative estimate of drug-likeness (QED) is 0.800. The summed E-state index contributed by atoms with van der Waals surface area (Å²) in [6, 6.07) is 10.1. The van der Waals surface area contributed by atoms with Crippen molar-refractivity contribution >= 4 is 11.7 Å². The molecule has 2 aliphatic heterocycles. The first-order valence-electron chi connectivity index (χ1n) is 10.2. The van der Waals surface area contributed by atoms with E-state index in [-0.39, 0.29) is 11.4 Å². The van der Waals surface area contributed by atoms with E-state index in [2.05, 4.69) is 20.9 Å². The summed E-state index contributed by atoms with van der Waals surface area (Å²) in [7, 11) is 3.99. The van der Waals surface area contributed by atoms with Crippen LogP contribution in [-0.4, -0.2) is 58.4 Å². The minimum absolute atomic E-state index is 0.278. The van der Waals surface area contributed by atoms with Crippen LogP contribution in [0.1, 0.15) is 36.9 Å². The van der Waals surface area contributed by atoms with Crippen molar-refractivity contribution < 1.29 is 4.79 Å². The van der Waals surface area contributed by atoms with Gasteiger partial charge in [0.1, 0.15) is 11.4 Å². The molecule has 1 spiro atoms. The van der Waals surface area contributed by atoms with Gasteiger partial charge in [0.05, 0.1) is 12.2 Å². The number of likely N-dealkylation sites (tertiary alicyclic amines) is 2. The average Bonchev–Trinajstić information content (AvgIpc) is 3.10. The van der Waals surface area contributed by atoms with Gasteiger partial charge in [0.2, 0.25) is 5.91 Å². The lowest BCUT2D eigenvalue weighted by Gasteiger charge is -2.44. The Kier molecular flexibility index (Phi) is 5.31. The fourth-order valence-corrected chi connectivity index (χ4v) is 4.59. The molecule has 2 aromatic rings. The molecule has 148 valence electrons. The minimum Gasteiger partial charge on any atom is -0.363 e. The highest BCUT2D eigenvalue weighted by Gasteiger charge is 2.50. The highest BCUT2D eigenvalue weighted by atomic mass is 16.2. The third kappa shape index (κ3) is 3.61. The van der Waals surface area contributed by atoms with Crippen LogP contribution in [0.15, 0.2) is 42.7 Å². The zero-order valence-electron chi connectivity index (χ0n) is 16.8. The van der Waals surface area contributed by atoms with Crippen LogP contribution >= 0.6 is 0 Å². The van der Waals surface area contributed by atoms with Gasteiger partial charge in [0.25, 0.3) is 0 Å². The summed E-state index contributed by atoms with van der Waals surface area (Å²) in [6.45, 7) is 3.18. The van der Waals surface area contributed by atoms with E-state index < -0.39 is 0 Å². The Hall–Kier alpha value is -2.47. The van der Waals surface area contributed by atoms with E-state index in [0.717, 1.165) is 56.8 Å². The van der Waals surface area contributed by atoms with Gasteiger partial charge in [-0.15, -0.1) is 0 Å². The number of rotatable bonds is 5. The second-order valence-corrected chi connectivity index (χ2v) is 8.13. The molecule has 2 aromatic heterocycles. The molecule has 2 saturated heterocycles. The molecule has 28 heavy (non-hydrogen) atoms. The van der Waals surface area contributed by atoms with E-state index in [4.69, 9.17) is 0 Å². The molecule has 4 heterocycles. The van der Waals surface area contributed by atoms with Gasteiger partial charge >= 0.3 is 0 Å². The van der Waals surface area contributed by atoms with Crippen LogP contribution < -0.4 is 4.90 Å². The van der Waals surface area contributed by atoms with Crippen LogP contribution in [0.4, 0.5) is 5.82 Å². The summed E-state index contributed by atoms with van der Waals surface area (Å²) in [5, 5.41) is 0. The monoisotopic (exact) mass is 379 g/mol. The van der Waals surface area contributed by atoms with E-state index in [1.807, 2.05) is 54.4 Å². The zero-order valence-corrected chi connectivity index (χ0v) is 16.8. The van der Waals surface area contributed by atoms with Crippen molar-refractivity contribution in [2.45, 2.75) is 44.3 Å². The molecule has 6 nitrogen and oxygen atoms in total. The molecule has 0 aliphatic carbocycles. The van der Waals surface area contributed by atoms with Gasteiger partial charge in [-0.2, -0.15) is 0 Å². The normalized spacial score (nSPS) is 22.8. The number of anilines is 1. The van der Waals surface area contributed by atoms with Crippen molar-refractivity contribution in [3.8, 4) is 0 Å². The number of aromatic nitrogens is 2. The molecular weight excluding hydrogens is 350 g/mol. The minimum atomic E-state index is -0.354. The maximum Gasteiger partial charge on any atom is 0.243 e. The van der Waals surface area contributed by atoms with Crippen molar-refractivity contribution in [2.24, 2.45) is 0 Å². The lowest BCUT2D eigenvalue weighted by molar-refractivity contribution is -0.148. The van der Waals surface area contributed by atoms with Crippen LogP contribution in [0.2, 0.25) is 0 Å². The fraction of sp³-hybridized carbons (Fsp3) is 0.500. The second kappa shape index (κ2) is 7.87. The van der Waals surface area contributed by atoms with Crippen molar-refractivity contribution in [1.82, 2.24) is 19.8 Å². The molecule has 1 amide bonds. The molecule has 0 bridgehead atoms. The molecular formula is C22H29N5O. The molecule has 1 unspecified atom stereocenters. The Bertz CT molecular complexity index is 807. The molecule has 0 N–H and O–H groups in total. The maximum atomic E-state index is 13.5. The van der Waals surface area contributed by atoms with E-state index >= 15 is 0 Å². The summed E-state index contributed by atoms with van der Waals surface area (Å²) in [5.41, 5.74) is 1.77. The molecule has 1 atom stereocenters. The van der Waals surface area contributed by atoms with E-state index in [1.165, 1.54) is 5.56 Å². The van der Waals surface area contributed by atoms with Crippen molar-refractivity contribution in [2.75, 3.05) is 32.1 Å². The van der Waals surface area contributed by atoms with E-state index in [0.29, 0.717) is 6.54 Å². The number of nitrogens with zero attached hydrogens (tertiary/aromatic N) is 5. The SMILES string of the molecule is CN(C)c1ccc(CN2CCCC23CCCN(Cc2ccccn2)C3=O)cn1. The molecule has 6 heteroatoms. The Labute approximate surface area is 167 Å². The highest BCUT2D eigenvalue weighted by Crippen LogP contribution is 2.39. The first-order valence-corrected chi connectivity index (χ1v) is 10.2. The van der Waals surface area contributed by atoms with Crippen LogP contribution in [0.3, 0.4) is 0 Å². The number of hydrogen-bond acceptors (Lipinski definition) is 5. The number of pyridine rings is 2. The van der Waals surface area contributed by atoms with Crippen molar-refractivity contribution in [1.29, 1.82) is 0 Å². The smallest absolute Gasteiger partial charge is 0.243 e. The lowest BCUT2D eigenvalue weighted by Crippen LogP contribution is -2.59. The van der Waals surface area contributed by atoms with E-state index in [1.54, 1.807) is 6.20 Å². The molecule has 0 radical (unpaired) electrons. The summed E-state index contributed by atoms with van der Waals surface area (Å²) in [5.74, 6) is 1.23. The van der Waals surface area contributed by atoms with Crippen LogP contribution in [0.25, 0.3) is 0 Å². The first kappa shape index (κ1) is 18.9. The Balaban J connectivity index is 1.50. The number of carbonyl (C=O) groups is 1. The summed E-state index contributed by atoms with van der Waals surface area (Å²) < 4.78 is 0. The van der Waals surface area contributed by atoms with Gasteiger partial charge in [-0.05, 0) is 56.0 Å². The molecule has 4 rings (SSSR count). The Morgan fingerprint density at radius 2 is 1.86 bits per heavy atom. The first-order chi connectivity index (χ1) is 13.6. The summed E-state index contributed by atoms with van der Waals surface area (Å²) in [6.07, 6.45) is 7.77. The third-order valence-corrected chi connectivity index (χ3v) is 6.05. The lowest BCUT2D eigenvalue weighted by atomic mass is 9.85. The van der Waals surface area contributed by atoms with Gasteiger partial charge in [-0.3, -0.25) is 14.7 Å². The van der Waals surface area contributed by atoms with Crippen molar-refractivity contribution in [3.05, 3.63) is 54.0 Å². The van der Waals surface area contributed by atoms with Gasteiger partial charge < -0.3 is 9.80 Å². The largest absolute Gasteiger partial charge is 0.363 e. The molecule has 2 fully saturated rings. The summed E-state index contributed by atoms with van der Waals surface area (Å²) in [4.78, 5) is 28.9. The Morgan fingerprint density at radius 1 is 1.04 bits per heavy atom. The van der Waals surface area contributed by atoms with Crippen LogP contribution in [0, 0.1) is 0 Å². The number of piperidine rings is 1. The molecule has 0 aromatic carbocycles. The average molecular weight is 380 g/mol. The maximum absolute atomic E-state index is 13.5. The number of carbonyl (C=O) groups excluding carboxylic acids is 1.